The van der Waals surface area contributed by atoms with E-state index in [0.29, 0.717) is 0 Å². The van der Waals surface area contributed by atoms with Gasteiger partial charge in [0.1, 0.15) is 0 Å². The minimum atomic E-state index is -0.187. The third-order valence-corrected chi connectivity index (χ3v) is 3.50. The summed E-state index contributed by atoms with van der Waals surface area (Å²) in [7, 11) is 0. The van der Waals surface area contributed by atoms with Gasteiger partial charge in [-0.3, -0.25) is 4.79 Å². The number of nitrogens with zero attached hydrogens (tertiary/aromatic N) is 1. The lowest BCUT2D eigenvalue weighted by molar-refractivity contribution is -0.119. The van der Waals surface area contributed by atoms with E-state index >= 15 is 0 Å². The van der Waals surface area contributed by atoms with Gasteiger partial charge in [0, 0.05) is 15.0 Å². The summed E-state index contributed by atoms with van der Waals surface area (Å²) in [5.41, 5.74) is 3.35. The maximum atomic E-state index is 11.5. The molecule has 0 bridgehead atoms. The summed E-state index contributed by atoms with van der Waals surface area (Å²) < 4.78 is 0.966. The molecule has 0 aliphatic heterocycles. The number of halogens is 1. The highest BCUT2D eigenvalue weighted by Crippen LogP contribution is 2.15. The average Bonchev–Trinajstić information content (AvgIpc) is 2.90. The Balaban J connectivity index is 1.76. The number of carbonyl (C=O) groups is 1. The van der Waals surface area contributed by atoms with E-state index in [1.165, 1.54) is 0 Å². The summed E-state index contributed by atoms with van der Waals surface area (Å²) in [6.45, 7) is 0.179. The molecule has 2 aromatic rings. The second kappa shape index (κ2) is 7.06. The molecule has 1 heterocycles. The molecular formula is C13H12BrN3OS. The van der Waals surface area contributed by atoms with E-state index in [0.717, 1.165) is 15.0 Å². The molecule has 19 heavy (non-hydrogen) atoms. The molecule has 0 unspecified atom stereocenters. The molecule has 4 nitrogen and oxygen atoms in total. The molecule has 0 spiro atoms. The molecule has 2 rings (SSSR count). The summed E-state index contributed by atoms with van der Waals surface area (Å²) in [6, 6.07) is 11.5. The Hall–Kier alpha value is -1.66. The summed E-state index contributed by atoms with van der Waals surface area (Å²) in [6.07, 6.45) is 1.63. The number of thiophene rings is 1. The molecule has 0 saturated heterocycles. The highest BCUT2D eigenvalue weighted by molar-refractivity contribution is 9.10. The maximum absolute atomic E-state index is 11.5. The van der Waals surface area contributed by atoms with Gasteiger partial charge in [0.05, 0.1) is 12.8 Å². The van der Waals surface area contributed by atoms with Gasteiger partial charge in [0.2, 0.25) is 0 Å². The van der Waals surface area contributed by atoms with Gasteiger partial charge in [-0.15, -0.1) is 11.3 Å². The molecule has 0 fully saturated rings. The van der Waals surface area contributed by atoms with Crippen molar-refractivity contribution in [3.05, 3.63) is 51.1 Å². The van der Waals surface area contributed by atoms with Crippen LogP contribution in [0.15, 0.2) is 51.4 Å². The Kier molecular flexibility index (Phi) is 5.11. The zero-order valence-electron chi connectivity index (χ0n) is 9.97. The van der Waals surface area contributed by atoms with Crippen molar-refractivity contribution >= 4 is 45.1 Å². The van der Waals surface area contributed by atoms with E-state index in [9.17, 15) is 4.79 Å². The number of benzene rings is 1. The van der Waals surface area contributed by atoms with Gasteiger partial charge in [-0.1, -0.05) is 28.1 Å². The van der Waals surface area contributed by atoms with Crippen molar-refractivity contribution in [1.29, 1.82) is 0 Å². The molecule has 0 saturated carbocycles. The van der Waals surface area contributed by atoms with Crippen LogP contribution in [0.3, 0.4) is 0 Å². The Morgan fingerprint density at radius 1 is 1.37 bits per heavy atom. The lowest BCUT2D eigenvalue weighted by Gasteiger charge is -2.05. The fourth-order valence-electron chi connectivity index (χ4n) is 1.35. The number of hydrogen-bond donors (Lipinski definition) is 2. The number of hydrazone groups is 1. The number of rotatable bonds is 5. The van der Waals surface area contributed by atoms with Crippen molar-refractivity contribution in [2.75, 3.05) is 11.9 Å². The average molecular weight is 338 g/mol. The number of anilines is 1. The summed E-state index contributed by atoms with van der Waals surface area (Å²) >= 11 is 4.94. The molecule has 1 amide bonds. The van der Waals surface area contributed by atoms with E-state index in [4.69, 9.17) is 0 Å². The topological polar surface area (TPSA) is 53.5 Å². The SMILES string of the molecule is O=C(CNc1cccc(Br)c1)N/N=C\c1cccs1. The van der Waals surface area contributed by atoms with Crippen LogP contribution in [0.25, 0.3) is 0 Å². The molecule has 6 heteroatoms. The van der Waals surface area contributed by atoms with Crippen LogP contribution in [-0.4, -0.2) is 18.7 Å². The van der Waals surface area contributed by atoms with Crippen LogP contribution in [0, 0.1) is 0 Å². The molecule has 0 atom stereocenters. The molecule has 2 N–H and O–H groups in total. The van der Waals surface area contributed by atoms with Crippen molar-refractivity contribution < 1.29 is 4.79 Å². The third kappa shape index (κ3) is 4.84. The second-order valence-corrected chi connectivity index (χ2v) is 5.57. The first-order valence-corrected chi connectivity index (χ1v) is 7.26. The van der Waals surface area contributed by atoms with Crippen molar-refractivity contribution in [3.8, 4) is 0 Å². The smallest absolute Gasteiger partial charge is 0.259 e. The van der Waals surface area contributed by atoms with Crippen LogP contribution in [0.5, 0.6) is 0 Å². The molecular weight excluding hydrogens is 326 g/mol. The monoisotopic (exact) mass is 337 g/mol. The van der Waals surface area contributed by atoms with E-state index in [2.05, 4.69) is 31.8 Å². The summed E-state index contributed by atoms with van der Waals surface area (Å²) in [5, 5.41) is 8.85. The van der Waals surface area contributed by atoms with Crippen molar-refractivity contribution in [1.82, 2.24) is 5.43 Å². The predicted molar refractivity (Wildman–Crippen MR) is 82.7 cm³/mol. The fraction of sp³-hybridized carbons (Fsp3) is 0.0769. The molecule has 0 radical (unpaired) electrons. The highest BCUT2D eigenvalue weighted by atomic mass is 79.9. The molecule has 1 aromatic carbocycles. The Bertz CT molecular complexity index is 569. The zero-order valence-corrected chi connectivity index (χ0v) is 12.4. The lowest BCUT2D eigenvalue weighted by atomic mass is 10.3. The van der Waals surface area contributed by atoms with Gasteiger partial charge < -0.3 is 5.32 Å². The minimum Gasteiger partial charge on any atom is -0.376 e. The van der Waals surface area contributed by atoms with Gasteiger partial charge >= 0.3 is 0 Å². The van der Waals surface area contributed by atoms with Gasteiger partial charge in [-0.25, -0.2) is 5.43 Å². The van der Waals surface area contributed by atoms with E-state index < -0.39 is 0 Å². The van der Waals surface area contributed by atoms with Crippen molar-refractivity contribution in [2.45, 2.75) is 0 Å². The first-order valence-electron chi connectivity index (χ1n) is 5.59. The first-order chi connectivity index (χ1) is 9.24. The quantitative estimate of drug-likeness (QED) is 0.650. The van der Waals surface area contributed by atoms with E-state index in [1.807, 2.05) is 41.8 Å². The summed E-state index contributed by atoms with van der Waals surface area (Å²) in [4.78, 5) is 12.5. The standard InChI is InChI=1S/C13H12BrN3OS/c14-10-3-1-4-11(7-10)15-9-13(18)17-16-8-12-5-2-6-19-12/h1-8,15H,9H2,(H,17,18)/b16-8-. The number of amides is 1. The number of carbonyl (C=O) groups excluding carboxylic acids is 1. The van der Waals surface area contributed by atoms with Crippen LogP contribution in [-0.2, 0) is 4.79 Å². The van der Waals surface area contributed by atoms with Crippen LogP contribution in [0.4, 0.5) is 5.69 Å². The molecule has 0 aliphatic carbocycles. The number of hydrogen-bond acceptors (Lipinski definition) is 4. The van der Waals surface area contributed by atoms with Crippen LogP contribution >= 0.6 is 27.3 Å². The first kappa shape index (κ1) is 13.8. The number of nitrogens with one attached hydrogen (secondary N) is 2. The Morgan fingerprint density at radius 3 is 3.00 bits per heavy atom. The Labute approximate surface area is 123 Å². The van der Waals surface area contributed by atoms with Gasteiger partial charge in [-0.2, -0.15) is 5.10 Å². The van der Waals surface area contributed by atoms with Crippen LogP contribution in [0.2, 0.25) is 0 Å². The maximum Gasteiger partial charge on any atom is 0.259 e. The van der Waals surface area contributed by atoms with Crippen molar-refractivity contribution in [2.24, 2.45) is 5.10 Å². The Morgan fingerprint density at radius 2 is 2.26 bits per heavy atom. The second-order valence-electron chi connectivity index (χ2n) is 3.67. The van der Waals surface area contributed by atoms with Gasteiger partial charge in [-0.05, 0) is 29.6 Å². The molecule has 1 aromatic heterocycles. The lowest BCUT2D eigenvalue weighted by Crippen LogP contribution is -2.25. The highest BCUT2D eigenvalue weighted by Gasteiger charge is 1.99. The minimum absolute atomic E-state index is 0.179. The van der Waals surface area contributed by atoms with Crippen molar-refractivity contribution in [3.63, 3.8) is 0 Å². The van der Waals surface area contributed by atoms with E-state index in [-0.39, 0.29) is 12.5 Å². The fourth-order valence-corrected chi connectivity index (χ4v) is 2.34. The van der Waals surface area contributed by atoms with E-state index in [1.54, 1.807) is 17.6 Å². The normalized spacial score (nSPS) is 10.6. The third-order valence-electron chi connectivity index (χ3n) is 2.20. The molecule has 0 aliphatic rings. The molecule has 98 valence electrons. The summed E-state index contributed by atoms with van der Waals surface area (Å²) in [5.74, 6) is -0.187. The van der Waals surface area contributed by atoms with Gasteiger partial charge in [0.25, 0.3) is 5.91 Å². The largest absolute Gasteiger partial charge is 0.376 e. The van der Waals surface area contributed by atoms with Gasteiger partial charge in [0.15, 0.2) is 0 Å². The zero-order chi connectivity index (χ0) is 13.5. The van der Waals surface area contributed by atoms with Crippen LogP contribution in [0.1, 0.15) is 4.88 Å². The predicted octanol–water partition coefficient (Wildman–Crippen LogP) is 3.07. The van der Waals surface area contributed by atoms with Crippen LogP contribution < -0.4 is 10.7 Å².